The van der Waals surface area contributed by atoms with Crippen LogP contribution in [0.2, 0.25) is 0 Å². The Balaban J connectivity index is 1.70. The zero-order valence-electron chi connectivity index (χ0n) is 14.7. The molecule has 128 valence electrons. The minimum Gasteiger partial charge on any atom is -0.363 e. The molecule has 2 heterocycles. The van der Waals surface area contributed by atoms with Gasteiger partial charge in [-0.2, -0.15) is 4.98 Å². The van der Waals surface area contributed by atoms with Crippen LogP contribution in [0.1, 0.15) is 37.8 Å². The highest BCUT2D eigenvalue weighted by molar-refractivity contribution is 5.90. The number of benzene rings is 2. The lowest BCUT2D eigenvalue weighted by Gasteiger charge is -2.27. The maximum Gasteiger partial charge on any atom is 0.227 e. The SMILES string of the molecule is C[C@H](Nc1nc(N2CCCCC2)nc2ccccc12)c1ccccc1. The van der Waals surface area contributed by atoms with Crippen molar-refractivity contribution in [1.29, 1.82) is 0 Å². The van der Waals surface area contributed by atoms with E-state index >= 15 is 0 Å². The molecule has 3 aromatic rings. The molecule has 4 heteroatoms. The van der Waals surface area contributed by atoms with Gasteiger partial charge in [-0.1, -0.05) is 42.5 Å². The van der Waals surface area contributed by atoms with Crippen molar-refractivity contribution in [3.8, 4) is 0 Å². The summed E-state index contributed by atoms with van der Waals surface area (Å²) in [5.41, 5.74) is 2.26. The summed E-state index contributed by atoms with van der Waals surface area (Å²) in [4.78, 5) is 12.0. The minimum atomic E-state index is 0.189. The van der Waals surface area contributed by atoms with Crippen molar-refractivity contribution < 1.29 is 0 Å². The van der Waals surface area contributed by atoms with Crippen molar-refractivity contribution in [1.82, 2.24) is 9.97 Å². The molecule has 0 radical (unpaired) electrons. The van der Waals surface area contributed by atoms with Crippen LogP contribution in [0.15, 0.2) is 54.6 Å². The fourth-order valence-corrected chi connectivity index (χ4v) is 3.44. The van der Waals surface area contributed by atoms with Crippen molar-refractivity contribution in [3.63, 3.8) is 0 Å². The number of nitrogens with zero attached hydrogens (tertiary/aromatic N) is 3. The topological polar surface area (TPSA) is 41.1 Å². The maximum atomic E-state index is 4.89. The first-order valence-electron chi connectivity index (χ1n) is 9.14. The number of hydrogen-bond acceptors (Lipinski definition) is 4. The summed E-state index contributed by atoms with van der Waals surface area (Å²) in [5.74, 6) is 1.77. The van der Waals surface area contributed by atoms with E-state index in [1.807, 2.05) is 18.2 Å². The second-order valence-corrected chi connectivity index (χ2v) is 6.71. The number of para-hydroxylation sites is 1. The monoisotopic (exact) mass is 332 g/mol. The van der Waals surface area contributed by atoms with Gasteiger partial charge in [0.05, 0.1) is 5.52 Å². The normalized spacial score (nSPS) is 16.0. The molecule has 25 heavy (non-hydrogen) atoms. The fraction of sp³-hybridized carbons (Fsp3) is 0.333. The molecule has 0 amide bonds. The van der Waals surface area contributed by atoms with Crippen molar-refractivity contribution >= 4 is 22.7 Å². The number of fused-ring (bicyclic) bond motifs is 1. The molecule has 4 rings (SSSR count). The Morgan fingerprint density at radius 3 is 2.40 bits per heavy atom. The third-order valence-corrected chi connectivity index (χ3v) is 4.88. The summed E-state index contributed by atoms with van der Waals surface area (Å²) < 4.78 is 0. The molecule has 1 N–H and O–H groups in total. The maximum absolute atomic E-state index is 4.89. The smallest absolute Gasteiger partial charge is 0.227 e. The highest BCUT2D eigenvalue weighted by Crippen LogP contribution is 2.28. The molecule has 4 nitrogen and oxygen atoms in total. The molecule has 1 atom stereocenters. The van der Waals surface area contributed by atoms with Crippen LogP contribution in [0, 0.1) is 0 Å². The molecule has 0 saturated carbocycles. The average Bonchev–Trinajstić information content (AvgIpc) is 2.69. The molecule has 1 saturated heterocycles. The number of rotatable bonds is 4. The Morgan fingerprint density at radius 1 is 0.880 bits per heavy atom. The van der Waals surface area contributed by atoms with Crippen molar-refractivity contribution in [3.05, 3.63) is 60.2 Å². The molecule has 1 aliphatic heterocycles. The van der Waals surface area contributed by atoms with Gasteiger partial charge in [0, 0.05) is 24.5 Å². The zero-order chi connectivity index (χ0) is 17.1. The average molecular weight is 332 g/mol. The van der Waals surface area contributed by atoms with Crippen molar-refractivity contribution in [2.45, 2.75) is 32.2 Å². The van der Waals surface area contributed by atoms with Crippen molar-refractivity contribution in [2.75, 3.05) is 23.3 Å². The largest absolute Gasteiger partial charge is 0.363 e. The predicted molar refractivity (Wildman–Crippen MR) is 104 cm³/mol. The van der Waals surface area contributed by atoms with E-state index in [2.05, 4.69) is 53.5 Å². The van der Waals surface area contributed by atoms with E-state index < -0.39 is 0 Å². The van der Waals surface area contributed by atoms with E-state index in [1.165, 1.54) is 24.8 Å². The van der Waals surface area contributed by atoms with Gasteiger partial charge in [-0.15, -0.1) is 0 Å². The van der Waals surface area contributed by atoms with Crippen LogP contribution >= 0.6 is 0 Å². The molecule has 1 aliphatic rings. The van der Waals surface area contributed by atoms with E-state index in [0.29, 0.717) is 0 Å². The quantitative estimate of drug-likeness (QED) is 0.745. The van der Waals surface area contributed by atoms with E-state index in [1.54, 1.807) is 0 Å². The van der Waals surface area contributed by atoms with Crippen LogP contribution in [0.5, 0.6) is 0 Å². The molecular weight excluding hydrogens is 308 g/mol. The van der Waals surface area contributed by atoms with Gasteiger partial charge in [-0.3, -0.25) is 0 Å². The van der Waals surface area contributed by atoms with Crippen LogP contribution in [0.25, 0.3) is 10.9 Å². The first-order chi connectivity index (χ1) is 12.3. The zero-order valence-corrected chi connectivity index (χ0v) is 14.7. The Morgan fingerprint density at radius 2 is 1.60 bits per heavy atom. The second-order valence-electron chi connectivity index (χ2n) is 6.71. The van der Waals surface area contributed by atoms with Gasteiger partial charge in [-0.05, 0) is 43.9 Å². The van der Waals surface area contributed by atoms with E-state index in [0.717, 1.165) is 35.8 Å². The summed E-state index contributed by atoms with van der Waals surface area (Å²) in [6, 6.07) is 18.9. The highest BCUT2D eigenvalue weighted by Gasteiger charge is 2.17. The lowest BCUT2D eigenvalue weighted by Crippen LogP contribution is -2.31. The third kappa shape index (κ3) is 3.43. The Labute approximate surface area is 148 Å². The Hall–Kier alpha value is -2.62. The summed E-state index contributed by atoms with van der Waals surface area (Å²) in [7, 11) is 0. The van der Waals surface area contributed by atoms with E-state index in [4.69, 9.17) is 9.97 Å². The van der Waals surface area contributed by atoms with E-state index in [-0.39, 0.29) is 6.04 Å². The van der Waals surface area contributed by atoms with E-state index in [9.17, 15) is 0 Å². The van der Waals surface area contributed by atoms with Crippen molar-refractivity contribution in [2.24, 2.45) is 0 Å². The van der Waals surface area contributed by atoms with Gasteiger partial charge in [-0.25, -0.2) is 4.98 Å². The minimum absolute atomic E-state index is 0.189. The van der Waals surface area contributed by atoms with Gasteiger partial charge < -0.3 is 10.2 Å². The van der Waals surface area contributed by atoms with Crippen LogP contribution in [-0.4, -0.2) is 23.1 Å². The molecule has 0 spiro atoms. The van der Waals surface area contributed by atoms with Crippen LogP contribution < -0.4 is 10.2 Å². The predicted octanol–water partition coefficient (Wildman–Crippen LogP) is 4.79. The fourth-order valence-electron chi connectivity index (χ4n) is 3.44. The first kappa shape index (κ1) is 15.9. The summed E-state index contributed by atoms with van der Waals surface area (Å²) in [6.45, 7) is 4.27. The third-order valence-electron chi connectivity index (χ3n) is 4.88. The summed E-state index contributed by atoms with van der Waals surface area (Å²) in [6.07, 6.45) is 3.75. The van der Waals surface area contributed by atoms with Crippen LogP contribution in [0.3, 0.4) is 0 Å². The van der Waals surface area contributed by atoms with Crippen LogP contribution in [-0.2, 0) is 0 Å². The highest BCUT2D eigenvalue weighted by atomic mass is 15.3. The number of hydrogen-bond donors (Lipinski definition) is 1. The molecule has 1 aromatic heterocycles. The lowest BCUT2D eigenvalue weighted by molar-refractivity contribution is 0.569. The second kappa shape index (κ2) is 7.09. The molecule has 0 unspecified atom stereocenters. The van der Waals surface area contributed by atoms with Crippen LogP contribution in [0.4, 0.5) is 11.8 Å². The van der Waals surface area contributed by atoms with Gasteiger partial charge in [0.25, 0.3) is 0 Å². The number of aromatic nitrogens is 2. The Bertz CT molecular complexity index is 841. The van der Waals surface area contributed by atoms with Gasteiger partial charge in [0.15, 0.2) is 0 Å². The van der Waals surface area contributed by atoms with Gasteiger partial charge in [0.1, 0.15) is 5.82 Å². The molecular formula is C21H24N4. The lowest BCUT2D eigenvalue weighted by atomic mass is 10.1. The Kier molecular flexibility index (Phi) is 4.51. The number of piperidine rings is 1. The molecule has 0 bridgehead atoms. The van der Waals surface area contributed by atoms with Gasteiger partial charge in [0.2, 0.25) is 5.95 Å². The number of nitrogens with one attached hydrogen (secondary N) is 1. The summed E-state index contributed by atoms with van der Waals surface area (Å²) in [5, 5.41) is 4.68. The van der Waals surface area contributed by atoms with Gasteiger partial charge >= 0.3 is 0 Å². The standard InChI is InChI=1S/C21H24N4/c1-16(17-10-4-2-5-11-17)22-20-18-12-6-7-13-19(18)23-21(24-20)25-14-8-3-9-15-25/h2,4-7,10-13,16H,3,8-9,14-15H2,1H3,(H,22,23,24)/t16-/m0/s1. The summed E-state index contributed by atoms with van der Waals surface area (Å²) >= 11 is 0. The molecule has 0 aliphatic carbocycles. The molecule has 1 fully saturated rings. The molecule has 2 aromatic carbocycles. The number of anilines is 2. The first-order valence-corrected chi connectivity index (χ1v) is 9.14.